The van der Waals surface area contributed by atoms with Gasteiger partial charge in [-0.15, -0.1) is 11.3 Å². The van der Waals surface area contributed by atoms with E-state index in [0.29, 0.717) is 4.88 Å². The van der Waals surface area contributed by atoms with Gasteiger partial charge in [0.2, 0.25) is 0 Å². The summed E-state index contributed by atoms with van der Waals surface area (Å²) < 4.78 is 0. The molecule has 1 aromatic rings. The molecule has 0 radical (unpaired) electrons. The molecule has 1 fully saturated rings. The summed E-state index contributed by atoms with van der Waals surface area (Å²) in [5.74, 6) is -0.0981. The minimum Gasteiger partial charge on any atom is -0.391 e. The van der Waals surface area contributed by atoms with Crippen LogP contribution in [0.1, 0.15) is 46.1 Å². The van der Waals surface area contributed by atoms with Crippen LogP contribution in [0.25, 0.3) is 0 Å². The summed E-state index contributed by atoms with van der Waals surface area (Å²) >= 11 is 1.41. The van der Waals surface area contributed by atoms with Gasteiger partial charge < -0.3 is 10.4 Å². The minimum absolute atomic E-state index is 0.0981. The van der Waals surface area contributed by atoms with E-state index in [1.54, 1.807) is 0 Å². The molecule has 1 aromatic heterocycles. The van der Waals surface area contributed by atoms with E-state index in [2.05, 4.69) is 10.3 Å². The van der Waals surface area contributed by atoms with Crippen LogP contribution in [0.4, 0.5) is 0 Å². The zero-order chi connectivity index (χ0) is 12.4. The van der Waals surface area contributed by atoms with Crippen LogP contribution in [-0.2, 0) is 0 Å². The maximum Gasteiger partial charge on any atom is 0.263 e. The number of aromatic nitrogens is 1. The van der Waals surface area contributed by atoms with Crippen molar-refractivity contribution in [1.29, 1.82) is 0 Å². The Hall–Kier alpha value is -0.940. The second kappa shape index (κ2) is 5.14. The topological polar surface area (TPSA) is 62.2 Å². The molecule has 0 bridgehead atoms. The van der Waals surface area contributed by atoms with E-state index in [4.69, 9.17) is 0 Å². The number of thiazole rings is 1. The molecular formula is C12H18N2O2S. The van der Waals surface area contributed by atoms with Crippen molar-refractivity contribution in [2.75, 3.05) is 0 Å². The summed E-state index contributed by atoms with van der Waals surface area (Å²) in [7, 11) is 0. The molecule has 2 rings (SSSR count). The Bertz CT molecular complexity index is 417. The standard InChI is InChI=1S/C12H18N2O2S/c1-7-11(17-8(2)13-7)12(16)14-9-5-3-4-6-10(9)15/h9-10,15H,3-6H2,1-2H3,(H,14,16)/t9-,10-/m0/s1. The predicted octanol–water partition coefficient (Wildman–Crippen LogP) is 1.79. The van der Waals surface area contributed by atoms with E-state index >= 15 is 0 Å². The van der Waals surface area contributed by atoms with Crippen LogP contribution in [0.2, 0.25) is 0 Å². The van der Waals surface area contributed by atoms with Crippen molar-refractivity contribution in [3.8, 4) is 0 Å². The molecule has 4 nitrogen and oxygen atoms in total. The third-order valence-electron chi connectivity index (χ3n) is 3.16. The molecule has 1 heterocycles. The SMILES string of the molecule is Cc1nc(C)c(C(=O)N[C@H]2CCCC[C@@H]2O)s1. The van der Waals surface area contributed by atoms with Gasteiger partial charge in [-0.05, 0) is 26.7 Å². The highest BCUT2D eigenvalue weighted by Gasteiger charge is 2.26. The quantitative estimate of drug-likeness (QED) is 0.846. The Morgan fingerprint density at radius 1 is 1.41 bits per heavy atom. The first-order chi connectivity index (χ1) is 8.08. The van der Waals surface area contributed by atoms with Crippen LogP contribution in [0.15, 0.2) is 0 Å². The monoisotopic (exact) mass is 254 g/mol. The highest BCUT2D eigenvalue weighted by Crippen LogP contribution is 2.21. The largest absolute Gasteiger partial charge is 0.391 e. The van der Waals surface area contributed by atoms with Gasteiger partial charge in [0.05, 0.1) is 22.8 Å². The van der Waals surface area contributed by atoms with Gasteiger partial charge in [0, 0.05) is 0 Å². The van der Waals surface area contributed by atoms with Crippen molar-refractivity contribution in [1.82, 2.24) is 10.3 Å². The van der Waals surface area contributed by atoms with E-state index in [0.717, 1.165) is 36.4 Å². The number of amides is 1. The molecule has 94 valence electrons. The Morgan fingerprint density at radius 2 is 2.12 bits per heavy atom. The van der Waals surface area contributed by atoms with Crippen LogP contribution in [-0.4, -0.2) is 28.1 Å². The Kier molecular flexibility index (Phi) is 3.79. The smallest absolute Gasteiger partial charge is 0.263 e. The summed E-state index contributed by atoms with van der Waals surface area (Å²) in [5, 5.41) is 13.6. The zero-order valence-electron chi connectivity index (χ0n) is 10.2. The third-order valence-corrected chi connectivity index (χ3v) is 4.23. The van der Waals surface area contributed by atoms with Crippen LogP contribution >= 0.6 is 11.3 Å². The number of nitrogens with one attached hydrogen (secondary N) is 1. The van der Waals surface area contributed by atoms with E-state index < -0.39 is 6.10 Å². The van der Waals surface area contributed by atoms with Crippen LogP contribution in [0.5, 0.6) is 0 Å². The lowest BCUT2D eigenvalue weighted by atomic mass is 9.92. The van der Waals surface area contributed by atoms with Crippen molar-refractivity contribution in [2.24, 2.45) is 0 Å². The fraction of sp³-hybridized carbons (Fsp3) is 0.667. The van der Waals surface area contributed by atoms with Crippen LogP contribution < -0.4 is 5.32 Å². The number of carbonyl (C=O) groups excluding carboxylic acids is 1. The van der Waals surface area contributed by atoms with E-state index in [-0.39, 0.29) is 11.9 Å². The highest BCUT2D eigenvalue weighted by molar-refractivity contribution is 7.13. The second-order valence-electron chi connectivity index (χ2n) is 4.58. The van der Waals surface area contributed by atoms with Gasteiger partial charge in [-0.1, -0.05) is 12.8 Å². The first kappa shape index (κ1) is 12.5. The lowest BCUT2D eigenvalue weighted by Crippen LogP contribution is -2.45. The number of hydrogen-bond acceptors (Lipinski definition) is 4. The van der Waals surface area contributed by atoms with Gasteiger partial charge in [0.25, 0.3) is 5.91 Å². The first-order valence-electron chi connectivity index (χ1n) is 6.01. The normalized spacial score (nSPS) is 24.6. The number of aryl methyl sites for hydroxylation is 2. The van der Waals surface area contributed by atoms with Gasteiger partial charge in [0.1, 0.15) is 4.88 Å². The summed E-state index contributed by atoms with van der Waals surface area (Å²) in [5.41, 5.74) is 0.773. The third kappa shape index (κ3) is 2.84. The predicted molar refractivity (Wildman–Crippen MR) is 67.3 cm³/mol. The van der Waals surface area contributed by atoms with E-state index in [1.807, 2.05) is 13.8 Å². The van der Waals surface area contributed by atoms with E-state index in [9.17, 15) is 9.90 Å². The minimum atomic E-state index is -0.401. The number of aliphatic hydroxyl groups is 1. The molecule has 0 saturated heterocycles. The Balaban J connectivity index is 2.03. The number of hydrogen-bond donors (Lipinski definition) is 2. The fourth-order valence-electron chi connectivity index (χ4n) is 2.26. The van der Waals surface area contributed by atoms with Crippen molar-refractivity contribution >= 4 is 17.2 Å². The van der Waals surface area contributed by atoms with Gasteiger partial charge in [0.15, 0.2) is 0 Å². The van der Waals surface area contributed by atoms with Gasteiger partial charge in [-0.3, -0.25) is 4.79 Å². The number of carbonyl (C=O) groups is 1. The molecule has 2 atom stereocenters. The van der Waals surface area contributed by atoms with Gasteiger partial charge in [-0.25, -0.2) is 4.98 Å². The summed E-state index contributed by atoms with van der Waals surface area (Å²) in [6, 6.07) is -0.0990. The van der Waals surface area contributed by atoms with Crippen molar-refractivity contribution in [2.45, 2.75) is 51.7 Å². The first-order valence-corrected chi connectivity index (χ1v) is 6.82. The lowest BCUT2D eigenvalue weighted by molar-refractivity contribution is 0.0719. The number of nitrogens with zero attached hydrogens (tertiary/aromatic N) is 1. The number of rotatable bonds is 2. The fourth-order valence-corrected chi connectivity index (χ4v) is 3.08. The molecule has 0 unspecified atom stereocenters. The molecule has 17 heavy (non-hydrogen) atoms. The Morgan fingerprint density at radius 3 is 2.71 bits per heavy atom. The van der Waals surface area contributed by atoms with Crippen molar-refractivity contribution < 1.29 is 9.90 Å². The molecule has 2 N–H and O–H groups in total. The molecule has 1 amide bonds. The van der Waals surface area contributed by atoms with Gasteiger partial charge in [-0.2, -0.15) is 0 Å². The molecule has 1 aliphatic rings. The molecule has 1 aliphatic carbocycles. The summed E-state index contributed by atoms with van der Waals surface area (Å²) in [6.07, 6.45) is 3.37. The molecule has 5 heteroatoms. The molecule has 0 aromatic carbocycles. The van der Waals surface area contributed by atoms with Crippen molar-refractivity contribution in [3.63, 3.8) is 0 Å². The highest BCUT2D eigenvalue weighted by atomic mass is 32.1. The lowest BCUT2D eigenvalue weighted by Gasteiger charge is -2.28. The number of aliphatic hydroxyl groups excluding tert-OH is 1. The molecule has 1 saturated carbocycles. The zero-order valence-corrected chi connectivity index (χ0v) is 11.0. The average Bonchev–Trinajstić information content (AvgIpc) is 2.61. The van der Waals surface area contributed by atoms with Gasteiger partial charge >= 0.3 is 0 Å². The molecule has 0 spiro atoms. The Labute approximate surface area is 105 Å². The van der Waals surface area contributed by atoms with E-state index in [1.165, 1.54) is 11.3 Å². The second-order valence-corrected chi connectivity index (χ2v) is 5.78. The van der Waals surface area contributed by atoms with Crippen LogP contribution in [0, 0.1) is 13.8 Å². The summed E-state index contributed by atoms with van der Waals surface area (Å²) in [6.45, 7) is 3.74. The van der Waals surface area contributed by atoms with Crippen LogP contribution in [0.3, 0.4) is 0 Å². The maximum atomic E-state index is 12.0. The van der Waals surface area contributed by atoms with Crippen molar-refractivity contribution in [3.05, 3.63) is 15.6 Å². The average molecular weight is 254 g/mol. The summed E-state index contributed by atoms with van der Waals surface area (Å²) in [4.78, 5) is 16.9. The molecular weight excluding hydrogens is 236 g/mol. The maximum absolute atomic E-state index is 12.0. The molecule has 0 aliphatic heterocycles.